The van der Waals surface area contributed by atoms with Crippen molar-refractivity contribution in [2.24, 2.45) is 5.92 Å². The van der Waals surface area contributed by atoms with E-state index in [2.05, 4.69) is 5.32 Å². The second-order valence-electron chi connectivity index (χ2n) is 7.23. The maximum Gasteiger partial charge on any atom is 0.263 e. The van der Waals surface area contributed by atoms with Gasteiger partial charge in [0, 0.05) is 31.9 Å². The lowest BCUT2D eigenvalue weighted by Gasteiger charge is -2.31. The van der Waals surface area contributed by atoms with E-state index in [9.17, 15) is 14.4 Å². The van der Waals surface area contributed by atoms with Crippen LogP contribution in [0.25, 0.3) is 0 Å². The van der Waals surface area contributed by atoms with Crippen molar-refractivity contribution in [2.45, 2.75) is 26.7 Å². The quantitative estimate of drug-likeness (QED) is 0.714. The van der Waals surface area contributed by atoms with Gasteiger partial charge >= 0.3 is 0 Å². The van der Waals surface area contributed by atoms with Crippen molar-refractivity contribution in [3.05, 3.63) is 51.2 Å². The molecule has 1 fully saturated rings. The number of anilines is 1. The summed E-state index contributed by atoms with van der Waals surface area (Å²) in [6.07, 6.45) is 1.51. The number of piperidine rings is 1. The molecule has 1 aromatic heterocycles. The van der Waals surface area contributed by atoms with Crippen molar-refractivity contribution in [1.29, 1.82) is 0 Å². The van der Waals surface area contributed by atoms with E-state index < -0.39 is 0 Å². The first-order valence-electron chi connectivity index (χ1n) is 10.2. The summed E-state index contributed by atoms with van der Waals surface area (Å²) in [7, 11) is 0. The van der Waals surface area contributed by atoms with Crippen LogP contribution in [0.4, 0.5) is 5.69 Å². The van der Waals surface area contributed by atoms with Crippen LogP contribution in [0.2, 0.25) is 5.02 Å². The number of halogens is 1. The van der Waals surface area contributed by atoms with E-state index in [1.165, 1.54) is 11.3 Å². The zero-order valence-corrected chi connectivity index (χ0v) is 18.8. The van der Waals surface area contributed by atoms with Crippen LogP contribution in [-0.2, 0) is 4.79 Å². The van der Waals surface area contributed by atoms with Crippen LogP contribution in [0.5, 0.6) is 0 Å². The van der Waals surface area contributed by atoms with Crippen molar-refractivity contribution in [3.63, 3.8) is 0 Å². The van der Waals surface area contributed by atoms with Gasteiger partial charge in [0.2, 0.25) is 5.91 Å². The van der Waals surface area contributed by atoms with Gasteiger partial charge in [-0.05, 0) is 56.3 Å². The number of carbonyl (C=O) groups is 3. The zero-order valence-electron chi connectivity index (χ0n) is 17.2. The molecule has 1 N–H and O–H groups in total. The van der Waals surface area contributed by atoms with E-state index in [1.807, 2.05) is 25.3 Å². The zero-order chi connectivity index (χ0) is 21.7. The molecule has 6 nitrogen and oxygen atoms in total. The summed E-state index contributed by atoms with van der Waals surface area (Å²) in [5.41, 5.74) is 0.964. The molecule has 1 atom stereocenters. The fraction of sp³-hybridized carbons (Fsp3) is 0.409. The Bertz CT molecular complexity index is 912. The minimum atomic E-state index is -0.279. The number of hydrogen-bond donors (Lipinski definition) is 1. The minimum Gasteiger partial charge on any atom is -0.339 e. The average Bonchev–Trinajstić information content (AvgIpc) is 3.29. The van der Waals surface area contributed by atoms with E-state index in [0.717, 1.165) is 12.8 Å². The predicted molar refractivity (Wildman–Crippen MR) is 120 cm³/mol. The molecule has 0 radical (unpaired) electrons. The lowest BCUT2D eigenvalue weighted by molar-refractivity contribution is -0.121. The van der Waals surface area contributed by atoms with Gasteiger partial charge in [0.25, 0.3) is 11.8 Å². The van der Waals surface area contributed by atoms with Crippen LogP contribution in [-0.4, -0.2) is 53.7 Å². The number of carbonyl (C=O) groups excluding carboxylic acids is 3. The Labute approximate surface area is 185 Å². The number of amides is 3. The molecule has 1 aromatic carbocycles. The van der Waals surface area contributed by atoms with Gasteiger partial charge < -0.3 is 15.1 Å². The smallest absolute Gasteiger partial charge is 0.263 e. The van der Waals surface area contributed by atoms with E-state index >= 15 is 0 Å². The molecule has 8 heteroatoms. The third kappa shape index (κ3) is 5.02. The molecular weight excluding hydrogens is 422 g/mol. The number of hydrogen-bond acceptors (Lipinski definition) is 4. The molecule has 3 rings (SSSR count). The highest BCUT2D eigenvalue weighted by atomic mass is 35.5. The Morgan fingerprint density at radius 1 is 1.23 bits per heavy atom. The molecule has 0 saturated carbocycles. The summed E-state index contributed by atoms with van der Waals surface area (Å²) in [6.45, 7) is 6.10. The van der Waals surface area contributed by atoms with E-state index in [4.69, 9.17) is 11.6 Å². The van der Waals surface area contributed by atoms with Crippen LogP contribution in [0.3, 0.4) is 0 Å². The predicted octanol–water partition coefficient (Wildman–Crippen LogP) is 4.37. The Morgan fingerprint density at radius 3 is 2.63 bits per heavy atom. The SMILES string of the molecule is CCN(CC)C(=O)c1ccc(NC(=O)C2CCCN(C(=O)c3cccs3)C2)cc1Cl. The monoisotopic (exact) mass is 447 g/mol. The summed E-state index contributed by atoms with van der Waals surface area (Å²) in [5.74, 6) is -0.571. The molecule has 2 heterocycles. The van der Waals surface area contributed by atoms with Crippen LogP contribution < -0.4 is 5.32 Å². The Balaban J connectivity index is 1.64. The lowest BCUT2D eigenvalue weighted by Crippen LogP contribution is -2.43. The molecule has 1 unspecified atom stereocenters. The second kappa shape index (κ2) is 10.1. The second-order valence-corrected chi connectivity index (χ2v) is 8.58. The maximum atomic E-state index is 12.8. The molecule has 1 aliphatic heterocycles. The summed E-state index contributed by atoms with van der Waals surface area (Å²) in [4.78, 5) is 42.0. The summed E-state index contributed by atoms with van der Waals surface area (Å²) in [6, 6.07) is 8.60. The van der Waals surface area contributed by atoms with Gasteiger partial charge in [0.1, 0.15) is 0 Å². The fourth-order valence-corrected chi connectivity index (χ4v) is 4.58. The number of rotatable bonds is 6. The normalized spacial score (nSPS) is 16.2. The van der Waals surface area contributed by atoms with E-state index in [0.29, 0.717) is 47.3 Å². The molecule has 1 aliphatic rings. The Hall–Kier alpha value is -2.38. The van der Waals surface area contributed by atoms with Gasteiger partial charge in [-0.3, -0.25) is 14.4 Å². The van der Waals surface area contributed by atoms with Crippen LogP contribution in [0, 0.1) is 5.92 Å². The number of nitrogens with one attached hydrogen (secondary N) is 1. The molecule has 0 bridgehead atoms. The van der Waals surface area contributed by atoms with Crippen molar-refractivity contribution < 1.29 is 14.4 Å². The molecule has 2 aromatic rings. The molecule has 3 amide bonds. The first-order chi connectivity index (χ1) is 14.4. The summed E-state index contributed by atoms with van der Waals surface area (Å²) >= 11 is 7.73. The maximum absolute atomic E-state index is 12.8. The topological polar surface area (TPSA) is 69.7 Å². The molecule has 0 aliphatic carbocycles. The lowest BCUT2D eigenvalue weighted by atomic mass is 9.96. The molecule has 160 valence electrons. The highest BCUT2D eigenvalue weighted by molar-refractivity contribution is 7.12. The first kappa shape index (κ1) is 22.3. The van der Waals surface area contributed by atoms with Crippen molar-refractivity contribution in [2.75, 3.05) is 31.5 Å². The van der Waals surface area contributed by atoms with Crippen molar-refractivity contribution >= 4 is 46.3 Å². The third-order valence-corrected chi connectivity index (χ3v) is 6.50. The van der Waals surface area contributed by atoms with Gasteiger partial charge in [-0.25, -0.2) is 0 Å². The highest BCUT2D eigenvalue weighted by Crippen LogP contribution is 2.25. The highest BCUT2D eigenvalue weighted by Gasteiger charge is 2.29. The van der Waals surface area contributed by atoms with Gasteiger partial charge in [-0.15, -0.1) is 11.3 Å². The van der Waals surface area contributed by atoms with Gasteiger partial charge in [0.05, 0.1) is 21.4 Å². The van der Waals surface area contributed by atoms with Gasteiger partial charge in [-0.1, -0.05) is 17.7 Å². The molecular formula is C22H26ClN3O3S. The Kier molecular flexibility index (Phi) is 7.50. The minimum absolute atomic E-state index is 0.0233. The standard InChI is InChI=1S/C22H26ClN3O3S/c1-3-25(4-2)21(28)17-10-9-16(13-18(17)23)24-20(27)15-7-5-11-26(14-15)22(29)19-8-6-12-30-19/h6,8-10,12-13,15H,3-5,7,11,14H2,1-2H3,(H,24,27). The van der Waals surface area contributed by atoms with Crippen molar-refractivity contribution in [1.82, 2.24) is 9.80 Å². The van der Waals surface area contributed by atoms with Crippen LogP contribution in [0.1, 0.15) is 46.7 Å². The molecule has 0 spiro atoms. The largest absolute Gasteiger partial charge is 0.339 e. The number of thiophene rings is 1. The Morgan fingerprint density at radius 2 is 2.00 bits per heavy atom. The van der Waals surface area contributed by atoms with E-state index in [-0.39, 0.29) is 23.6 Å². The summed E-state index contributed by atoms with van der Waals surface area (Å²) < 4.78 is 0. The van der Waals surface area contributed by atoms with E-state index in [1.54, 1.807) is 34.1 Å². The average molecular weight is 448 g/mol. The number of benzene rings is 1. The number of nitrogens with zero attached hydrogens (tertiary/aromatic N) is 2. The van der Waals surface area contributed by atoms with Crippen LogP contribution in [0.15, 0.2) is 35.7 Å². The fourth-order valence-electron chi connectivity index (χ4n) is 3.62. The molecule has 30 heavy (non-hydrogen) atoms. The third-order valence-electron chi connectivity index (χ3n) is 5.33. The molecule has 1 saturated heterocycles. The summed E-state index contributed by atoms with van der Waals surface area (Å²) in [5, 5.41) is 5.07. The first-order valence-corrected chi connectivity index (χ1v) is 11.4. The van der Waals surface area contributed by atoms with Crippen LogP contribution >= 0.6 is 22.9 Å². The van der Waals surface area contributed by atoms with Gasteiger partial charge in [-0.2, -0.15) is 0 Å². The number of likely N-dealkylation sites (tertiary alicyclic amines) is 1. The van der Waals surface area contributed by atoms with Crippen molar-refractivity contribution in [3.8, 4) is 0 Å². The van der Waals surface area contributed by atoms with Gasteiger partial charge in [0.15, 0.2) is 0 Å².